The zero-order chi connectivity index (χ0) is 21.5. The first-order chi connectivity index (χ1) is 14.6. The molecule has 0 aliphatic carbocycles. The summed E-state index contributed by atoms with van der Waals surface area (Å²) in [7, 11) is 0. The van der Waals surface area contributed by atoms with Gasteiger partial charge in [-0.25, -0.2) is 9.59 Å². The van der Waals surface area contributed by atoms with Crippen molar-refractivity contribution in [3.63, 3.8) is 0 Å². The SMILES string of the molecule is C=CCN1C(=O)NC(c2ccccc2Cl)C(C(=O)OCC)=C1CN1CCCNCC1. The van der Waals surface area contributed by atoms with Crippen LogP contribution in [0.4, 0.5) is 4.79 Å². The van der Waals surface area contributed by atoms with Crippen LogP contribution in [0.2, 0.25) is 5.02 Å². The van der Waals surface area contributed by atoms with Gasteiger partial charge in [-0.05, 0) is 38.1 Å². The van der Waals surface area contributed by atoms with Crippen LogP contribution in [0.15, 0.2) is 48.2 Å². The van der Waals surface area contributed by atoms with Crippen LogP contribution in [0.25, 0.3) is 0 Å². The maximum Gasteiger partial charge on any atom is 0.338 e. The second-order valence-corrected chi connectivity index (χ2v) is 7.67. The molecule has 30 heavy (non-hydrogen) atoms. The molecule has 0 spiro atoms. The van der Waals surface area contributed by atoms with Gasteiger partial charge in [-0.1, -0.05) is 35.9 Å². The molecular formula is C22H29ClN4O3. The van der Waals surface area contributed by atoms with Crippen molar-refractivity contribution < 1.29 is 14.3 Å². The van der Waals surface area contributed by atoms with Crippen molar-refractivity contribution in [2.45, 2.75) is 19.4 Å². The number of rotatable bonds is 7. The van der Waals surface area contributed by atoms with Gasteiger partial charge < -0.3 is 15.4 Å². The normalized spacial score (nSPS) is 20.5. The molecule has 2 aliphatic rings. The molecule has 0 aromatic heterocycles. The lowest BCUT2D eigenvalue weighted by molar-refractivity contribution is -0.139. The van der Waals surface area contributed by atoms with Gasteiger partial charge in [0.1, 0.15) is 0 Å². The van der Waals surface area contributed by atoms with Gasteiger partial charge in [0, 0.05) is 36.9 Å². The van der Waals surface area contributed by atoms with Gasteiger partial charge in [0.15, 0.2) is 0 Å². The molecule has 0 saturated carbocycles. The molecule has 0 bridgehead atoms. The molecule has 2 aliphatic heterocycles. The van der Waals surface area contributed by atoms with Crippen LogP contribution in [0.3, 0.4) is 0 Å². The zero-order valence-corrected chi connectivity index (χ0v) is 18.1. The molecule has 8 heteroatoms. The molecule has 7 nitrogen and oxygen atoms in total. The highest BCUT2D eigenvalue weighted by Gasteiger charge is 2.39. The van der Waals surface area contributed by atoms with Crippen LogP contribution in [0.1, 0.15) is 24.9 Å². The minimum atomic E-state index is -0.675. The summed E-state index contributed by atoms with van der Waals surface area (Å²) in [5.74, 6) is -0.445. The predicted molar refractivity (Wildman–Crippen MR) is 117 cm³/mol. The maximum absolute atomic E-state index is 13.1. The summed E-state index contributed by atoms with van der Waals surface area (Å²) in [6.07, 6.45) is 2.66. The molecule has 0 radical (unpaired) electrons. The molecule has 1 saturated heterocycles. The summed E-state index contributed by atoms with van der Waals surface area (Å²) >= 11 is 6.44. The number of carbonyl (C=O) groups is 2. The minimum Gasteiger partial charge on any atom is -0.463 e. The van der Waals surface area contributed by atoms with Gasteiger partial charge in [0.05, 0.1) is 18.2 Å². The van der Waals surface area contributed by atoms with Crippen LogP contribution in [0, 0.1) is 0 Å². The minimum absolute atomic E-state index is 0.244. The smallest absolute Gasteiger partial charge is 0.338 e. The third kappa shape index (κ3) is 5.03. The lowest BCUT2D eigenvalue weighted by Crippen LogP contribution is -2.51. The third-order valence-corrected chi connectivity index (χ3v) is 5.61. The molecule has 1 fully saturated rings. The largest absolute Gasteiger partial charge is 0.463 e. The van der Waals surface area contributed by atoms with Crippen molar-refractivity contribution in [2.75, 3.05) is 45.9 Å². The number of hydrogen-bond donors (Lipinski definition) is 2. The Morgan fingerprint density at radius 3 is 2.87 bits per heavy atom. The lowest BCUT2D eigenvalue weighted by atomic mass is 9.94. The fourth-order valence-electron chi connectivity index (χ4n) is 3.86. The summed E-state index contributed by atoms with van der Waals surface area (Å²) < 4.78 is 5.40. The summed E-state index contributed by atoms with van der Waals surface area (Å²) in [4.78, 5) is 30.0. The standard InChI is InChI=1S/C22H29ClN4O3/c1-3-12-27-18(15-26-13-7-10-24-11-14-26)19(21(28)30-4-2)20(25-22(27)29)16-8-5-6-9-17(16)23/h3,5-6,8-9,20,24H,1,4,7,10-15H2,2H3,(H,25,29). The molecular weight excluding hydrogens is 404 g/mol. The van der Waals surface area contributed by atoms with Crippen LogP contribution in [0.5, 0.6) is 0 Å². The summed E-state index contributed by atoms with van der Waals surface area (Å²) in [5, 5.41) is 6.81. The molecule has 1 unspecified atom stereocenters. The van der Waals surface area contributed by atoms with Crippen molar-refractivity contribution in [2.24, 2.45) is 0 Å². The highest BCUT2D eigenvalue weighted by Crippen LogP contribution is 2.35. The second kappa shape index (κ2) is 10.6. The van der Waals surface area contributed by atoms with Crippen molar-refractivity contribution >= 4 is 23.6 Å². The van der Waals surface area contributed by atoms with Gasteiger partial charge in [0.25, 0.3) is 0 Å². The number of esters is 1. The number of hydrogen-bond acceptors (Lipinski definition) is 5. The Balaban J connectivity index is 2.11. The van der Waals surface area contributed by atoms with Gasteiger partial charge in [-0.15, -0.1) is 6.58 Å². The third-order valence-electron chi connectivity index (χ3n) is 5.27. The lowest BCUT2D eigenvalue weighted by Gasteiger charge is -2.38. The number of ether oxygens (including phenoxy) is 1. The number of benzene rings is 1. The Bertz CT molecular complexity index is 818. The van der Waals surface area contributed by atoms with Crippen molar-refractivity contribution in [3.8, 4) is 0 Å². The molecule has 2 N–H and O–H groups in total. The number of amides is 2. The molecule has 1 aromatic carbocycles. The van der Waals surface area contributed by atoms with Crippen molar-refractivity contribution in [1.82, 2.24) is 20.4 Å². The van der Waals surface area contributed by atoms with E-state index >= 15 is 0 Å². The molecule has 2 amide bonds. The van der Waals surface area contributed by atoms with Gasteiger partial charge in [-0.2, -0.15) is 0 Å². The van der Waals surface area contributed by atoms with Crippen molar-refractivity contribution in [1.29, 1.82) is 0 Å². The van der Waals surface area contributed by atoms with Crippen LogP contribution in [-0.2, 0) is 9.53 Å². The highest BCUT2D eigenvalue weighted by atomic mass is 35.5. The summed E-state index contributed by atoms with van der Waals surface area (Å²) in [5.41, 5.74) is 1.73. The first-order valence-corrected chi connectivity index (χ1v) is 10.7. The van der Waals surface area contributed by atoms with E-state index in [1.54, 1.807) is 24.0 Å². The van der Waals surface area contributed by atoms with E-state index in [1.165, 1.54) is 0 Å². The van der Waals surface area contributed by atoms with E-state index < -0.39 is 12.0 Å². The van der Waals surface area contributed by atoms with E-state index in [0.29, 0.717) is 34.9 Å². The number of carbonyl (C=O) groups excluding carboxylic acids is 2. The first-order valence-electron chi connectivity index (χ1n) is 10.3. The fourth-order valence-corrected chi connectivity index (χ4v) is 4.10. The average molecular weight is 433 g/mol. The quantitative estimate of drug-likeness (QED) is 0.512. The Morgan fingerprint density at radius 1 is 1.33 bits per heavy atom. The second-order valence-electron chi connectivity index (χ2n) is 7.26. The summed E-state index contributed by atoms with van der Waals surface area (Å²) in [6, 6.07) is 6.28. The van der Waals surface area contributed by atoms with E-state index in [-0.39, 0.29) is 12.6 Å². The Morgan fingerprint density at radius 2 is 2.13 bits per heavy atom. The molecule has 2 heterocycles. The number of nitrogens with one attached hydrogen (secondary N) is 2. The topological polar surface area (TPSA) is 73.9 Å². The van der Waals surface area contributed by atoms with E-state index in [2.05, 4.69) is 22.1 Å². The van der Waals surface area contributed by atoms with Crippen LogP contribution < -0.4 is 10.6 Å². The summed E-state index contributed by atoms with van der Waals surface area (Å²) in [6.45, 7) is 10.1. The molecule has 1 atom stereocenters. The van der Waals surface area contributed by atoms with E-state index in [9.17, 15) is 9.59 Å². The number of urea groups is 1. The Labute approximate surface area is 182 Å². The number of halogens is 1. The van der Waals surface area contributed by atoms with Gasteiger partial charge in [-0.3, -0.25) is 9.80 Å². The maximum atomic E-state index is 13.1. The zero-order valence-electron chi connectivity index (χ0n) is 17.3. The average Bonchev–Trinajstić information content (AvgIpc) is 2.99. The van der Waals surface area contributed by atoms with Gasteiger partial charge >= 0.3 is 12.0 Å². The van der Waals surface area contributed by atoms with Crippen LogP contribution in [-0.4, -0.2) is 67.7 Å². The Hall–Kier alpha value is -2.35. The molecule has 1 aromatic rings. The predicted octanol–water partition coefficient (Wildman–Crippen LogP) is 2.70. The molecule has 3 rings (SSSR count). The van der Waals surface area contributed by atoms with E-state index in [1.807, 2.05) is 18.2 Å². The highest BCUT2D eigenvalue weighted by molar-refractivity contribution is 6.31. The number of nitrogens with zero attached hydrogens (tertiary/aromatic N) is 2. The fraction of sp³-hybridized carbons (Fsp3) is 0.455. The first kappa shape index (κ1) is 22.3. The van der Waals surface area contributed by atoms with Crippen molar-refractivity contribution in [3.05, 3.63) is 58.8 Å². The van der Waals surface area contributed by atoms with E-state index in [0.717, 1.165) is 32.6 Å². The van der Waals surface area contributed by atoms with E-state index in [4.69, 9.17) is 16.3 Å². The monoisotopic (exact) mass is 432 g/mol. The van der Waals surface area contributed by atoms with Crippen LogP contribution >= 0.6 is 11.6 Å². The molecule has 162 valence electrons. The Kier molecular flexibility index (Phi) is 7.90. The van der Waals surface area contributed by atoms with Gasteiger partial charge in [0.2, 0.25) is 0 Å².